The summed E-state index contributed by atoms with van der Waals surface area (Å²) in [5.41, 5.74) is 26.9. The van der Waals surface area contributed by atoms with Gasteiger partial charge in [-0.15, -0.1) is 0 Å². The Bertz CT molecular complexity index is 6440. The number of nitrogens with one attached hydrogen (secondary N) is 3. The van der Waals surface area contributed by atoms with Crippen LogP contribution in [0.25, 0.3) is 24.3 Å². The van der Waals surface area contributed by atoms with Crippen LogP contribution in [0.15, 0.2) is 345 Å². The zero-order valence-electron chi connectivity index (χ0n) is 84.0. The largest absolute Gasteiger partial charge is 0.444 e. The minimum absolute atomic E-state index is 0.0689. The summed E-state index contributed by atoms with van der Waals surface area (Å²) in [6.07, 6.45) is 24.1. The molecule has 7 fully saturated rings. The number of carbonyl (C=O) groups is 4. The number of aryl methyl sites for hydroxylation is 6. The van der Waals surface area contributed by atoms with Crippen molar-refractivity contribution in [2.45, 2.75) is 180 Å². The molecule has 5 N–H and O–H groups in total. The van der Waals surface area contributed by atoms with Crippen molar-refractivity contribution in [3.05, 3.63) is 449 Å². The average molecular weight is 1950 g/mol. The summed E-state index contributed by atoms with van der Waals surface area (Å²) in [7, 11) is 0. The molecule has 8 unspecified atom stereocenters. The number of piperidine rings is 3. The lowest BCUT2D eigenvalue weighted by atomic mass is 10.0. The van der Waals surface area contributed by atoms with Crippen LogP contribution < -0.4 is 40.6 Å². The molecule has 0 spiro atoms. The Morgan fingerprint density at radius 3 is 1.13 bits per heavy atom. The molecule has 0 bridgehead atoms. The predicted octanol–water partition coefficient (Wildman–Crippen LogP) is 26.5. The number of nitrogens with zero attached hydrogens (tertiary/aromatic N) is 7. The highest BCUT2D eigenvalue weighted by Crippen LogP contribution is 2.45. The standard InChI is InChI=1S/C28H29N3O2.C22H26N2O3.C17H18N2O.C17H17NO2.C10H11NO2.C10H13N.C9H9NO2.C8H8O/c1-20-8-10-23(11-9-20)25-19-26(25)30-28(32)31-15-12-21(13-16-31)17-22-5-4-6-24(18-22)33-27-7-2-3-14-29-27;1-22(2,3)27-21(25)24-13-10-17(11-14-24)15-18-7-6-8-19(16-18)26-20-9-4-5-12-23-20;1-2-9-19-17(6-1)20-16-5-3-4-15(13-16)12-14-7-10-18-11-8-14;1-12-7-9-13(10-8-12)15-11-16(15)18-17(19)20-14-5-3-2-4-6-14;1-7-2-4-8(5-3-7)9-6-10(9)11(12)13;1-7-2-4-8(5-3-7)9-6-10(9)11;1-8-2-4-9(5-3-8)6-7-10(11)12;1-7-2-4-8(6-9)5-3-7/h2-11,14,17-18,25-26H,12-13,15-16,19H2,1H3,(H,30,32);4-9,12,15-16H,10-11,13-14H2,1-3H3;1-6,9,12-13,18H,7-8,10-11H2;2-10,15-16H,11H2,1H3,(H,18,19);2-5,9-10H,6H2,1H3;2-5,9-10H,6,11H2,1H3;2-7H,1H3;2-6H,1H3/b;;;;;;7-6+;. The monoisotopic (exact) mass is 1950 g/mol. The molecule has 13 aromatic rings. The molecule has 4 aliphatic carbocycles. The van der Waals surface area contributed by atoms with Crippen molar-refractivity contribution >= 4 is 48.8 Å². The number of likely N-dealkylation sites (tertiary alicyclic amines) is 2. The van der Waals surface area contributed by atoms with E-state index in [0.717, 1.165) is 141 Å². The third-order valence-corrected chi connectivity index (χ3v) is 25.0. The van der Waals surface area contributed by atoms with Crippen LogP contribution >= 0.6 is 0 Å². The lowest BCUT2D eigenvalue weighted by Crippen LogP contribution is -2.44. The number of pyridine rings is 3. The normalized spacial score (nSPS) is 17.9. The average Bonchev–Trinajstić information content (AvgIpc) is 1.65. The molecule has 3 aromatic heterocycles. The molecular weight excluding hydrogens is 1820 g/mol. The molecule has 3 saturated heterocycles. The molecule has 20 rings (SSSR count). The number of hydrogen-bond donors (Lipinski definition) is 4. The summed E-state index contributed by atoms with van der Waals surface area (Å²) in [6.45, 7) is 23.0. The van der Waals surface area contributed by atoms with E-state index in [4.69, 9.17) is 29.4 Å². The van der Waals surface area contributed by atoms with E-state index in [1.807, 2.05) is 241 Å². The van der Waals surface area contributed by atoms with Crippen LogP contribution in [0.1, 0.15) is 197 Å². The first-order chi connectivity index (χ1) is 70.1. The van der Waals surface area contributed by atoms with Gasteiger partial charge in [0.2, 0.25) is 29.9 Å². The molecule has 6 heterocycles. The SMILES string of the molecule is C(=C1CCNCC1)c1cccc(Oc2ccccn2)c1.CC(C)(C)OC(=O)N1CCC(=Cc2cccc(Oc3ccccn3)c2)CC1.Cc1ccc(/C=C/[N+](=O)[O-])cc1.Cc1ccc(C2CC2N)cc1.Cc1ccc(C2CC2NC(=O)N2CCC(=Cc3cccc(Oc4ccccn4)c3)CC2)cc1.Cc1ccc(C2CC2NC(=O)Oc2ccccc2)cc1.Cc1ccc(C2CC2[N+](=O)[O-])cc1.Cc1ccc(C=O)cc1. The van der Waals surface area contributed by atoms with Gasteiger partial charge in [-0.05, 0) is 244 Å². The molecule has 24 heteroatoms. The molecular formula is C121H131N11O13. The summed E-state index contributed by atoms with van der Waals surface area (Å²) < 4.78 is 28.1. The molecule has 3 aliphatic heterocycles. The molecule has 24 nitrogen and oxygen atoms in total. The Hall–Kier alpha value is -15.8. The lowest BCUT2D eigenvalue weighted by molar-refractivity contribution is -0.496. The highest BCUT2D eigenvalue weighted by molar-refractivity contribution is 5.76. The Kier molecular flexibility index (Phi) is 39.6. The molecule has 145 heavy (non-hydrogen) atoms. The maximum absolute atomic E-state index is 12.7. The highest BCUT2D eigenvalue weighted by Gasteiger charge is 2.49. The summed E-state index contributed by atoms with van der Waals surface area (Å²) in [5, 5.41) is 29.9. The van der Waals surface area contributed by atoms with Gasteiger partial charge in [-0.1, -0.05) is 287 Å². The van der Waals surface area contributed by atoms with Crippen LogP contribution in [0.4, 0.5) is 14.4 Å². The van der Waals surface area contributed by atoms with Crippen molar-refractivity contribution in [3.63, 3.8) is 0 Å². The van der Waals surface area contributed by atoms with Crippen LogP contribution in [0.3, 0.4) is 0 Å². The van der Waals surface area contributed by atoms with Crippen molar-refractivity contribution < 1.29 is 52.7 Å². The number of benzene rings is 10. The zero-order valence-corrected chi connectivity index (χ0v) is 84.0. The van der Waals surface area contributed by atoms with Gasteiger partial charge >= 0.3 is 18.2 Å². The fourth-order valence-electron chi connectivity index (χ4n) is 16.3. The van der Waals surface area contributed by atoms with Crippen molar-refractivity contribution in [2.24, 2.45) is 5.73 Å². The highest BCUT2D eigenvalue weighted by atomic mass is 16.6. The minimum Gasteiger partial charge on any atom is -0.444 e. The van der Waals surface area contributed by atoms with E-state index in [-0.39, 0.29) is 47.2 Å². The molecule has 4 amide bonds. The maximum atomic E-state index is 12.7. The third-order valence-electron chi connectivity index (χ3n) is 25.0. The fraction of sp³-hybridized carbons (Fsp3) is 0.281. The summed E-state index contributed by atoms with van der Waals surface area (Å²) in [6, 6.07) is 99.5. The Morgan fingerprint density at radius 2 is 0.766 bits per heavy atom. The zero-order chi connectivity index (χ0) is 102. The third kappa shape index (κ3) is 37.2. The molecule has 748 valence electrons. The van der Waals surface area contributed by atoms with Gasteiger partial charge in [-0.2, -0.15) is 0 Å². The number of amides is 4. The number of carbonyl (C=O) groups excluding carboxylic acids is 4. The quantitative estimate of drug-likeness (QED) is 0.0313. The van der Waals surface area contributed by atoms with E-state index in [1.54, 1.807) is 35.6 Å². The van der Waals surface area contributed by atoms with Crippen LogP contribution in [-0.2, 0) is 4.74 Å². The van der Waals surface area contributed by atoms with Gasteiger partial charge in [0, 0.05) is 122 Å². The summed E-state index contributed by atoms with van der Waals surface area (Å²) in [4.78, 5) is 82.8. The van der Waals surface area contributed by atoms with E-state index in [1.165, 1.54) is 79.3 Å². The van der Waals surface area contributed by atoms with E-state index < -0.39 is 10.5 Å². The molecule has 4 saturated carbocycles. The summed E-state index contributed by atoms with van der Waals surface area (Å²) >= 11 is 0. The first-order valence-corrected chi connectivity index (χ1v) is 49.6. The van der Waals surface area contributed by atoms with Crippen molar-refractivity contribution in [1.82, 2.24) is 40.7 Å². The van der Waals surface area contributed by atoms with E-state index in [2.05, 4.69) is 167 Å². The minimum atomic E-state index is -0.472. The van der Waals surface area contributed by atoms with Gasteiger partial charge in [0.1, 0.15) is 34.9 Å². The number of rotatable bonds is 20. The topological polar surface area (TPSA) is 308 Å². The van der Waals surface area contributed by atoms with Gasteiger partial charge < -0.3 is 55.2 Å². The lowest BCUT2D eigenvalue weighted by Gasteiger charge is -2.31. The van der Waals surface area contributed by atoms with E-state index >= 15 is 0 Å². The fourth-order valence-corrected chi connectivity index (χ4v) is 16.3. The number of hydrogen-bond acceptors (Lipinski definition) is 18. The number of ether oxygens (including phenoxy) is 5. The van der Waals surface area contributed by atoms with Crippen molar-refractivity contribution in [2.75, 3.05) is 39.3 Å². The number of nitrogens with two attached hydrogens (primary N) is 1. The Morgan fingerprint density at radius 1 is 0.407 bits per heavy atom. The van der Waals surface area contributed by atoms with Crippen LogP contribution in [0, 0.1) is 61.8 Å². The van der Waals surface area contributed by atoms with Crippen LogP contribution in [-0.4, -0.2) is 128 Å². The number of aldehydes is 1. The smallest absolute Gasteiger partial charge is 0.412 e. The summed E-state index contributed by atoms with van der Waals surface area (Å²) in [5.74, 6) is 6.39. The van der Waals surface area contributed by atoms with Crippen molar-refractivity contribution in [3.8, 4) is 40.6 Å². The molecule has 10 aromatic carbocycles. The number of urea groups is 1. The predicted molar refractivity (Wildman–Crippen MR) is 575 cm³/mol. The molecule has 7 aliphatic rings. The number of para-hydroxylation sites is 1. The van der Waals surface area contributed by atoms with E-state index in [0.29, 0.717) is 66.7 Å². The number of nitro groups is 2. The van der Waals surface area contributed by atoms with Crippen molar-refractivity contribution in [1.29, 1.82) is 0 Å². The van der Waals surface area contributed by atoms with Gasteiger partial charge in [0.15, 0.2) is 0 Å². The van der Waals surface area contributed by atoms with Gasteiger partial charge in [-0.3, -0.25) is 25.0 Å². The Labute approximate surface area is 851 Å². The molecule has 0 radical (unpaired) electrons. The van der Waals surface area contributed by atoms with Gasteiger partial charge in [0.05, 0.1) is 10.8 Å². The maximum Gasteiger partial charge on any atom is 0.412 e. The first kappa shape index (κ1) is 107. The van der Waals surface area contributed by atoms with Crippen LogP contribution in [0.2, 0.25) is 0 Å². The first-order valence-electron chi connectivity index (χ1n) is 49.6. The number of aromatic nitrogens is 3. The van der Waals surface area contributed by atoms with Gasteiger partial charge in [0.25, 0.3) is 0 Å². The molecule has 8 atom stereocenters. The second kappa shape index (κ2) is 53.9. The van der Waals surface area contributed by atoms with Gasteiger partial charge in [-0.25, -0.2) is 29.3 Å². The second-order valence-corrected chi connectivity index (χ2v) is 38.2. The van der Waals surface area contributed by atoms with Crippen LogP contribution in [0.5, 0.6) is 40.6 Å². The van der Waals surface area contributed by atoms with E-state index in [9.17, 15) is 39.4 Å². The Balaban J connectivity index is 0.000000144. The second-order valence-electron chi connectivity index (χ2n) is 38.2.